The summed E-state index contributed by atoms with van der Waals surface area (Å²) in [6.07, 6.45) is 1.71. The van der Waals surface area contributed by atoms with Crippen LogP contribution in [0.3, 0.4) is 0 Å². The van der Waals surface area contributed by atoms with Crippen LogP contribution >= 0.6 is 11.6 Å². The fourth-order valence-corrected chi connectivity index (χ4v) is 6.41. The summed E-state index contributed by atoms with van der Waals surface area (Å²) < 4.78 is 43.7. The van der Waals surface area contributed by atoms with Crippen LogP contribution in [0.15, 0.2) is 67.0 Å². The lowest BCUT2D eigenvalue weighted by molar-refractivity contribution is -0.138. The first-order valence-corrected chi connectivity index (χ1v) is 15.2. The number of rotatable bonds is 6. The number of halogens is 4. The molecule has 4 N–H and O–H groups in total. The molecule has 1 saturated carbocycles. The summed E-state index contributed by atoms with van der Waals surface area (Å²) >= 11 is 6.16. The molecular weight excluding hydrogens is 647 g/mol. The van der Waals surface area contributed by atoms with E-state index in [2.05, 4.69) is 32.2 Å². The lowest BCUT2D eigenvalue weighted by Gasteiger charge is -2.27. The van der Waals surface area contributed by atoms with Gasteiger partial charge in [-0.25, -0.2) is 23.1 Å². The van der Waals surface area contributed by atoms with Gasteiger partial charge in [-0.1, -0.05) is 29.7 Å². The summed E-state index contributed by atoms with van der Waals surface area (Å²) in [4.78, 5) is 36.4. The van der Waals surface area contributed by atoms with Crippen LogP contribution in [0.2, 0.25) is 5.02 Å². The third kappa shape index (κ3) is 5.97. The van der Waals surface area contributed by atoms with E-state index in [-0.39, 0.29) is 57.8 Å². The number of piperidine rings is 1. The molecule has 2 fully saturated rings. The quantitative estimate of drug-likeness (QED) is 0.178. The van der Waals surface area contributed by atoms with Crippen molar-refractivity contribution >= 4 is 40.0 Å². The van der Waals surface area contributed by atoms with Crippen LogP contribution in [0.4, 0.5) is 18.9 Å². The summed E-state index contributed by atoms with van der Waals surface area (Å²) in [6.45, 7) is -0.252. The predicted octanol–water partition coefficient (Wildman–Crippen LogP) is 4.54. The number of benzene rings is 3. The van der Waals surface area contributed by atoms with Crippen molar-refractivity contribution in [1.82, 2.24) is 24.6 Å². The number of carbonyl (C=O) groups excluding carboxylic acids is 2. The second-order valence-electron chi connectivity index (χ2n) is 11.6. The minimum absolute atomic E-state index is 0.0187. The lowest BCUT2D eigenvalue weighted by atomic mass is 10.0. The SMILES string of the molecule is NC(O)c1nn(CC(=O)N2[C@H](C(=O)Nc3cccc(-c4ccc(F)cc4Cl)c3F)C[C@H]3C[C@@H]32)c2ccc(C#Cc3ncc(F)cn3)cc12. The van der Waals surface area contributed by atoms with Gasteiger partial charge in [0.05, 0.1) is 28.6 Å². The molecule has 10 nitrogen and oxygen atoms in total. The monoisotopic (exact) mass is 671 g/mol. The first-order chi connectivity index (χ1) is 23.1. The van der Waals surface area contributed by atoms with Gasteiger partial charge in [-0.15, -0.1) is 0 Å². The Bertz CT molecular complexity index is 2160. The number of hydrogen-bond donors (Lipinski definition) is 3. The fourth-order valence-electron chi connectivity index (χ4n) is 6.15. The van der Waals surface area contributed by atoms with Crippen LogP contribution < -0.4 is 11.1 Å². The number of carbonyl (C=O) groups is 2. The lowest BCUT2D eigenvalue weighted by Crippen LogP contribution is -2.46. The average molecular weight is 672 g/mol. The van der Waals surface area contributed by atoms with Crippen LogP contribution in [0.5, 0.6) is 0 Å². The van der Waals surface area contributed by atoms with Gasteiger partial charge < -0.3 is 21.1 Å². The van der Waals surface area contributed by atoms with Crippen molar-refractivity contribution in [3.63, 3.8) is 0 Å². The second-order valence-corrected chi connectivity index (χ2v) is 12.0. The van der Waals surface area contributed by atoms with Gasteiger partial charge in [0.2, 0.25) is 17.6 Å². The summed E-state index contributed by atoms with van der Waals surface area (Å²) in [5.74, 6) is 3.05. The van der Waals surface area contributed by atoms with Crippen molar-refractivity contribution < 1.29 is 27.9 Å². The number of nitrogens with one attached hydrogen (secondary N) is 1. The topological polar surface area (TPSA) is 139 Å². The van der Waals surface area contributed by atoms with Gasteiger partial charge in [0.25, 0.3) is 0 Å². The zero-order valence-corrected chi connectivity index (χ0v) is 25.6. The Morgan fingerprint density at radius 3 is 2.56 bits per heavy atom. The summed E-state index contributed by atoms with van der Waals surface area (Å²) in [7, 11) is 0. The number of likely N-dealkylation sites (tertiary alicyclic amines) is 1. The number of anilines is 1. The highest BCUT2D eigenvalue weighted by Crippen LogP contribution is 2.48. The third-order valence-electron chi connectivity index (χ3n) is 8.46. The van der Waals surface area contributed by atoms with E-state index in [1.807, 2.05) is 0 Å². The number of fused-ring (bicyclic) bond motifs is 2. The van der Waals surface area contributed by atoms with Gasteiger partial charge in [0.15, 0.2) is 11.6 Å². The summed E-state index contributed by atoms with van der Waals surface area (Å²) in [5.41, 5.74) is 7.18. The van der Waals surface area contributed by atoms with Crippen molar-refractivity contribution in [2.24, 2.45) is 11.7 Å². The Labute approximate surface area is 276 Å². The number of nitrogens with two attached hydrogens (primary N) is 1. The van der Waals surface area contributed by atoms with E-state index in [4.69, 9.17) is 17.3 Å². The Morgan fingerprint density at radius 2 is 1.81 bits per heavy atom. The van der Waals surface area contributed by atoms with Gasteiger partial charge in [0.1, 0.15) is 30.3 Å². The molecule has 4 atom stereocenters. The van der Waals surface area contributed by atoms with Crippen LogP contribution in [0, 0.1) is 35.2 Å². The molecular formula is C34H25ClF3N7O3. The zero-order chi connectivity index (χ0) is 33.7. The standard InChI is InChI=1S/C34H25ClF3N7O3/c35-24-13-19(36)6-7-21(24)22-2-1-3-25(31(22)38)42-34(48)28-12-18-11-27(18)45(28)30(46)16-44-26-8-4-17(10-23(26)32(43-44)33(39)47)5-9-29-40-14-20(37)15-41-29/h1-4,6-8,10,13-15,18,27-28,33,47H,11-12,16,39H2,(H,42,48)/t18-,27+,28+,33?/m1/s1. The van der Waals surface area contributed by atoms with Crippen LogP contribution in [-0.2, 0) is 16.1 Å². The van der Waals surface area contributed by atoms with E-state index in [0.717, 1.165) is 24.9 Å². The molecule has 1 saturated heterocycles. The number of aliphatic hydroxyl groups is 1. The molecule has 14 heteroatoms. The molecule has 1 aliphatic heterocycles. The van der Waals surface area contributed by atoms with Gasteiger partial charge in [-0.05, 0) is 67.1 Å². The average Bonchev–Trinajstić information content (AvgIpc) is 3.57. The van der Waals surface area contributed by atoms with Gasteiger partial charge in [-0.3, -0.25) is 14.3 Å². The molecule has 7 rings (SSSR count). The molecule has 2 amide bonds. The maximum Gasteiger partial charge on any atom is 0.247 e. The molecule has 2 aliphatic rings. The van der Waals surface area contributed by atoms with E-state index in [0.29, 0.717) is 22.9 Å². The smallest absolute Gasteiger partial charge is 0.247 e. The summed E-state index contributed by atoms with van der Waals surface area (Å²) in [5, 5.41) is 17.8. The van der Waals surface area contributed by atoms with E-state index < -0.39 is 35.6 Å². The molecule has 2 aromatic heterocycles. The Balaban J connectivity index is 1.11. The molecule has 1 unspecified atom stereocenters. The van der Waals surface area contributed by atoms with Crippen molar-refractivity contribution in [3.8, 4) is 23.0 Å². The van der Waals surface area contributed by atoms with Gasteiger partial charge >= 0.3 is 0 Å². The number of nitrogens with zero attached hydrogens (tertiary/aromatic N) is 5. The highest BCUT2D eigenvalue weighted by molar-refractivity contribution is 6.33. The Kier molecular flexibility index (Phi) is 8.08. The molecule has 1 aliphatic carbocycles. The highest BCUT2D eigenvalue weighted by atomic mass is 35.5. The predicted molar refractivity (Wildman–Crippen MR) is 169 cm³/mol. The van der Waals surface area contributed by atoms with Crippen LogP contribution in [0.1, 0.15) is 36.2 Å². The maximum atomic E-state index is 15.6. The normalized spacial score (nSPS) is 18.6. The highest BCUT2D eigenvalue weighted by Gasteiger charge is 2.56. The van der Waals surface area contributed by atoms with E-state index in [9.17, 15) is 23.5 Å². The molecule has 242 valence electrons. The van der Waals surface area contributed by atoms with Crippen molar-refractivity contribution in [3.05, 3.63) is 107 Å². The molecule has 3 heterocycles. The second kappa shape index (κ2) is 12.4. The number of aliphatic hydroxyl groups excluding tert-OH is 1. The molecule has 0 radical (unpaired) electrons. The number of hydrogen-bond acceptors (Lipinski definition) is 7. The summed E-state index contributed by atoms with van der Waals surface area (Å²) in [6, 6.07) is 12.0. The van der Waals surface area contributed by atoms with Crippen molar-refractivity contribution in [1.29, 1.82) is 0 Å². The minimum atomic E-state index is -1.46. The first kappa shape index (κ1) is 31.3. The minimum Gasteiger partial charge on any atom is -0.373 e. The fraction of sp³-hybridized carbons (Fsp3) is 0.206. The van der Waals surface area contributed by atoms with E-state index in [1.54, 1.807) is 24.3 Å². The molecule has 3 aromatic carbocycles. The third-order valence-corrected chi connectivity index (χ3v) is 8.77. The number of aromatic nitrogens is 4. The van der Waals surface area contributed by atoms with Crippen molar-refractivity contribution in [2.45, 2.75) is 37.7 Å². The van der Waals surface area contributed by atoms with E-state index >= 15 is 4.39 Å². The maximum absolute atomic E-state index is 15.6. The van der Waals surface area contributed by atoms with Gasteiger partial charge in [-0.2, -0.15) is 5.10 Å². The zero-order valence-electron chi connectivity index (χ0n) is 24.9. The van der Waals surface area contributed by atoms with Crippen LogP contribution in [-0.4, -0.2) is 53.7 Å². The largest absolute Gasteiger partial charge is 0.373 e. The van der Waals surface area contributed by atoms with Crippen LogP contribution in [0.25, 0.3) is 22.0 Å². The molecule has 5 aromatic rings. The molecule has 0 spiro atoms. The van der Waals surface area contributed by atoms with Gasteiger partial charge in [0, 0.05) is 28.1 Å². The Hall–Kier alpha value is -5.29. The Morgan fingerprint density at radius 1 is 1.02 bits per heavy atom. The van der Waals surface area contributed by atoms with E-state index in [1.165, 1.54) is 33.8 Å². The number of amides is 2. The molecule has 48 heavy (non-hydrogen) atoms. The molecule has 0 bridgehead atoms. The van der Waals surface area contributed by atoms with Crippen molar-refractivity contribution in [2.75, 3.05) is 5.32 Å². The first-order valence-electron chi connectivity index (χ1n) is 14.9.